The zero-order valence-corrected chi connectivity index (χ0v) is 11.3. The summed E-state index contributed by atoms with van der Waals surface area (Å²) in [5, 5.41) is 8.69. The van der Waals surface area contributed by atoms with Gasteiger partial charge in [-0.25, -0.2) is 0 Å². The molecule has 0 atom stereocenters. The van der Waals surface area contributed by atoms with Gasteiger partial charge >= 0.3 is 0 Å². The molecule has 2 aromatic rings. The summed E-state index contributed by atoms with van der Waals surface area (Å²) in [4.78, 5) is 24.9. The van der Waals surface area contributed by atoms with Gasteiger partial charge in [0.25, 0.3) is 5.91 Å². The fourth-order valence-electron chi connectivity index (χ4n) is 1.42. The summed E-state index contributed by atoms with van der Waals surface area (Å²) in [6.45, 7) is 3.53. The van der Waals surface area contributed by atoms with Crippen LogP contribution in [0, 0.1) is 13.8 Å². The highest BCUT2D eigenvalue weighted by Gasteiger charge is 2.11. The van der Waals surface area contributed by atoms with Crippen LogP contribution in [0.5, 0.6) is 0 Å². The molecular formula is C12H13N3O3S. The Bertz CT molecular complexity index is 603. The molecule has 0 aliphatic carbocycles. The maximum atomic E-state index is 11.7. The van der Waals surface area contributed by atoms with Gasteiger partial charge in [-0.2, -0.15) is 0 Å². The lowest BCUT2D eigenvalue weighted by atomic mass is 10.4. The predicted octanol–water partition coefficient (Wildman–Crippen LogP) is 1.72. The number of hydrogen-bond acceptors (Lipinski definition) is 5. The Kier molecular flexibility index (Phi) is 3.96. The average Bonchev–Trinajstić information content (AvgIpc) is 2.95. The topological polar surface area (TPSA) is 84.2 Å². The van der Waals surface area contributed by atoms with Gasteiger partial charge in [0, 0.05) is 10.9 Å². The van der Waals surface area contributed by atoms with Gasteiger partial charge < -0.3 is 15.2 Å². The molecule has 0 spiro atoms. The quantitative estimate of drug-likeness (QED) is 0.892. The first-order chi connectivity index (χ1) is 9.04. The second kappa shape index (κ2) is 5.66. The normalized spacial score (nSPS) is 10.2. The maximum absolute atomic E-state index is 11.7. The first-order valence-electron chi connectivity index (χ1n) is 5.62. The highest BCUT2D eigenvalue weighted by Crippen LogP contribution is 2.14. The molecule has 19 heavy (non-hydrogen) atoms. The van der Waals surface area contributed by atoms with Crippen molar-refractivity contribution in [1.82, 2.24) is 10.5 Å². The highest BCUT2D eigenvalue weighted by atomic mass is 32.1. The van der Waals surface area contributed by atoms with Crippen LogP contribution in [-0.2, 0) is 4.79 Å². The van der Waals surface area contributed by atoms with Crippen molar-refractivity contribution in [1.29, 1.82) is 0 Å². The molecule has 0 aromatic carbocycles. The molecule has 2 amide bonds. The number of anilines is 1. The standard InChI is InChI=1S/C12H13N3O3S/c1-7-5-10(15-18-7)14-11(16)6-13-12(17)9-4-3-8(2)19-9/h3-5H,6H2,1-2H3,(H,13,17)(H,14,15,16). The van der Waals surface area contributed by atoms with Crippen molar-refractivity contribution < 1.29 is 14.1 Å². The number of nitrogens with one attached hydrogen (secondary N) is 2. The summed E-state index contributed by atoms with van der Waals surface area (Å²) in [7, 11) is 0. The van der Waals surface area contributed by atoms with E-state index in [0.29, 0.717) is 16.5 Å². The number of aromatic nitrogens is 1. The van der Waals surface area contributed by atoms with Gasteiger partial charge in [-0.3, -0.25) is 9.59 Å². The SMILES string of the molecule is Cc1cc(NC(=O)CNC(=O)c2ccc(C)s2)no1. The number of hydrogen-bond donors (Lipinski definition) is 2. The molecule has 2 aromatic heterocycles. The van der Waals surface area contributed by atoms with Gasteiger partial charge in [0.05, 0.1) is 11.4 Å². The van der Waals surface area contributed by atoms with Crippen LogP contribution in [0.2, 0.25) is 0 Å². The molecular weight excluding hydrogens is 266 g/mol. The molecule has 0 saturated heterocycles. The number of thiophene rings is 1. The van der Waals surface area contributed by atoms with Crippen molar-refractivity contribution in [2.45, 2.75) is 13.8 Å². The van der Waals surface area contributed by atoms with E-state index in [9.17, 15) is 9.59 Å². The molecule has 2 heterocycles. The number of nitrogens with zero attached hydrogens (tertiary/aromatic N) is 1. The Labute approximate surface area is 113 Å². The molecule has 0 aliphatic heterocycles. The first kappa shape index (κ1) is 13.3. The average molecular weight is 279 g/mol. The second-order valence-corrected chi connectivity index (χ2v) is 5.25. The first-order valence-corrected chi connectivity index (χ1v) is 6.44. The molecule has 0 unspecified atom stereocenters. The number of rotatable bonds is 4. The third kappa shape index (κ3) is 3.65. The Morgan fingerprint density at radius 1 is 1.37 bits per heavy atom. The molecule has 0 fully saturated rings. The van der Waals surface area contributed by atoms with Crippen LogP contribution in [-0.4, -0.2) is 23.5 Å². The van der Waals surface area contributed by atoms with Crippen molar-refractivity contribution in [3.8, 4) is 0 Å². The van der Waals surface area contributed by atoms with E-state index in [1.165, 1.54) is 11.3 Å². The smallest absolute Gasteiger partial charge is 0.261 e. The van der Waals surface area contributed by atoms with Gasteiger partial charge in [-0.1, -0.05) is 5.16 Å². The minimum atomic E-state index is -0.352. The van der Waals surface area contributed by atoms with Gasteiger partial charge in [-0.15, -0.1) is 11.3 Å². The van der Waals surface area contributed by atoms with Crippen molar-refractivity contribution in [2.75, 3.05) is 11.9 Å². The summed E-state index contributed by atoms with van der Waals surface area (Å²) in [5.41, 5.74) is 0. The summed E-state index contributed by atoms with van der Waals surface area (Å²) in [6, 6.07) is 5.19. The van der Waals surface area contributed by atoms with E-state index in [2.05, 4.69) is 15.8 Å². The molecule has 2 N–H and O–H groups in total. The second-order valence-electron chi connectivity index (χ2n) is 3.96. The van der Waals surface area contributed by atoms with E-state index in [1.54, 1.807) is 19.1 Å². The lowest BCUT2D eigenvalue weighted by Gasteiger charge is -2.03. The van der Waals surface area contributed by atoms with Crippen LogP contribution < -0.4 is 10.6 Å². The Hall–Kier alpha value is -2.15. The Morgan fingerprint density at radius 3 is 2.74 bits per heavy atom. The van der Waals surface area contributed by atoms with E-state index < -0.39 is 0 Å². The minimum Gasteiger partial charge on any atom is -0.360 e. The molecule has 0 saturated carbocycles. The third-order valence-corrected chi connectivity index (χ3v) is 3.27. The van der Waals surface area contributed by atoms with Crippen molar-refractivity contribution in [3.63, 3.8) is 0 Å². The lowest BCUT2D eigenvalue weighted by molar-refractivity contribution is -0.115. The third-order valence-electron chi connectivity index (χ3n) is 2.27. The zero-order valence-electron chi connectivity index (χ0n) is 10.5. The number of aryl methyl sites for hydroxylation is 2. The van der Waals surface area contributed by atoms with Crippen LogP contribution in [0.1, 0.15) is 20.3 Å². The van der Waals surface area contributed by atoms with Crippen molar-refractivity contribution >= 4 is 29.0 Å². The number of carbonyl (C=O) groups is 2. The largest absolute Gasteiger partial charge is 0.360 e. The molecule has 100 valence electrons. The molecule has 2 rings (SSSR count). The number of carbonyl (C=O) groups excluding carboxylic acids is 2. The predicted molar refractivity (Wildman–Crippen MR) is 71.3 cm³/mol. The van der Waals surface area contributed by atoms with Gasteiger partial charge in [-0.05, 0) is 26.0 Å². The van der Waals surface area contributed by atoms with Crippen LogP contribution in [0.15, 0.2) is 22.7 Å². The van der Waals surface area contributed by atoms with E-state index in [-0.39, 0.29) is 18.4 Å². The van der Waals surface area contributed by atoms with Crippen molar-refractivity contribution in [2.24, 2.45) is 0 Å². The van der Waals surface area contributed by atoms with E-state index in [4.69, 9.17) is 4.52 Å². The Morgan fingerprint density at radius 2 is 2.16 bits per heavy atom. The number of amides is 2. The minimum absolute atomic E-state index is 0.109. The molecule has 0 bridgehead atoms. The van der Waals surface area contributed by atoms with E-state index in [1.807, 2.05) is 13.0 Å². The zero-order chi connectivity index (χ0) is 13.8. The van der Waals surface area contributed by atoms with E-state index >= 15 is 0 Å². The molecule has 6 nitrogen and oxygen atoms in total. The van der Waals surface area contributed by atoms with Crippen LogP contribution in [0.25, 0.3) is 0 Å². The lowest BCUT2D eigenvalue weighted by Crippen LogP contribution is -2.32. The summed E-state index contributed by atoms with van der Waals surface area (Å²) in [5.74, 6) is 0.330. The van der Waals surface area contributed by atoms with Crippen LogP contribution >= 0.6 is 11.3 Å². The van der Waals surface area contributed by atoms with Gasteiger partial charge in [0.1, 0.15) is 5.76 Å². The van der Waals surface area contributed by atoms with Gasteiger partial charge in [0.15, 0.2) is 5.82 Å². The van der Waals surface area contributed by atoms with Crippen LogP contribution in [0.3, 0.4) is 0 Å². The summed E-state index contributed by atoms with van der Waals surface area (Å²) < 4.78 is 4.81. The van der Waals surface area contributed by atoms with Crippen LogP contribution in [0.4, 0.5) is 5.82 Å². The fraction of sp³-hybridized carbons (Fsp3) is 0.250. The fourth-order valence-corrected chi connectivity index (χ4v) is 2.20. The maximum Gasteiger partial charge on any atom is 0.261 e. The monoisotopic (exact) mass is 279 g/mol. The molecule has 0 radical (unpaired) electrons. The summed E-state index contributed by atoms with van der Waals surface area (Å²) >= 11 is 1.38. The van der Waals surface area contributed by atoms with E-state index in [0.717, 1.165) is 4.88 Å². The summed E-state index contributed by atoms with van der Waals surface area (Å²) in [6.07, 6.45) is 0. The van der Waals surface area contributed by atoms with Gasteiger partial charge in [0.2, 0.25) is 5.91 Å². The van der Waals surface area contributed by atoms with Crippen molar-refractivity contribution in [3.05, 3.63) is 33.7 Å². The Balaban J connectivity index is 1.82. The molecule has 0 aliphatic rings. The molecule has 7 heteroatoms. The highest BCUT2D eigenvalue weighted by molar-refractivity contribution is 7.13.